The van der Waals surface area contributed by atoms with Crippen LogP contribution in [0.3, 0.4) is 0 Å². The number of halogens is 3. The lowest BCUT2D eigenvalue weighted by molar-refractivity contribution is -0.168. The minimum Gasteiger partial charge on any atom is -0.496 e. The summed E-state index contributed by atoms with van der Waals surface area (Å²) in [6.45, 7) is 0.974. The molecule has 3 heterocycles. The molecule has 4 rings (SSSR count). The number of methoxy groups -OCH3 is 2. The van der Waals surface area contributed by atoms with E-state index >= 15 is 0 Å². The molecule has 0 aliphatic rings. The number of aromatic nitrogens is 4. The van der Waals surface area contributed by atoms with E-state index in [0.29, 0.717) is 16.9 Å². The van der Waals surface area contributed by atoms with Crippen molar-refractivity contribution in [2.75, 3.05) is 14.2 Å². The number of rotatable bonds is 7. The van der Waals surface area contributed by atoms with Crippen LogP contribution >= 0.6 is 0 Å². The van der Waals surface area contributed by atoms with Crippen molar-refractivity contribution in [2.24, 2.45) is 5.92 Å². The predicted molar refractivity (Wildman–Crippen MR) is 115 cm³/mol. The van der Waals surface area contributed by atoms with E-state index in [4.69, 9.17) is 9.47 Å². The molecule has 0 saturated heterocycles. The maximum Gasteiger partial charge on any atom is 0.391 e. The molecule has 1 N–H and O–H groups in total. The molecule has 0 spiro atoms. The monoisotopic (exact) mass is 458 g/mol. The molecule has 0 unspecified atom stereocenters. The van der Waals surface area contributed by atoms with Crippen molar-refractivity contribution >= 4 is 11.4 Å². The Balaban J connectivity index is 1.75. The standard InChI is InChI=1S/C23H21F3N4O3/c1-13(23(24,25)26)6-18(31)22-19(32-2)7-15(8-20(22)33-3)17-12-27-21-9-14(4-5-30(17)21)16-10-28-29-11-16/h4-5,7-13H,6H2,1-3H3,(H,28,29)/t13-/m0/s1. The number of aromatic amines is 1. The summed E-state index contributed by atoms with van der Waals surface area (Å²) in [5.74, 6) is -2.23. The first-order chi connectivity index (χ1) is 15.7. The van der Waals surface area contributed by atoms with Gasteiger partial charge in [0.05, 0.1) is 38.2 Å². The first kappa shape index (κ1) is 22.4. The number of imidazole rings is 1. The first-order valence-electron chi connectivity index (χ1n) is 10.1. The van der Waals surface area contributed by atoms with Crippen LogP contribution in [0, 0.1) is 5.92 Å². The number of benzene rings is 1. The van der Waals surface area contributed by atoms with Crippen LogP contribution in [0.25, 0.3) is 28.0 Å². The number of nitrogens with one attached hydrogen (secondary N) is 1. The highest BCUT2D eigenvalue weighted by Crippen LogP contribution is 2.38. The lowest BCUT2D eigenvalue weighted by Gasteiger charge is -2.18. The Morgan fingerprint density at radius 2 is 1.79 bits per heavy atom. The maximum absolute atomic E-state index is 13.0. The number of pyridine rings is 1. The fourth-order valence-electron chi connectivity index (χ4n) is 3.61. The van der Waals surface area contributed by atoms with Gasteiger partial charge in [-0.3, -0.25) is 14.3 Å². The van der Waals surface area contributed by atoms with Crippen molar-refractivity contribution < 1.29 is 27.4 Å². The lowest BCUT2D eigenvalue weighted by atomic mass is 9.96. The number of carbonyl (C=O) groups excluding carboxylic acids is 1. The van der Waals surface area contributed by atoms with Gasteiger partial charge in [0, 0.05) is 29.9 Å². The third kappa shape index (κ3) is 4.28. The number of nitrogens with zero attached hydrogens (tertiary/aromatic N) is 3. The Hall–Kier alpha value is -3.82. The van der Waals surface area contributed by atoms with Gasteiger partial charge in [-0.15, -0.1) is 0 Å². The van der Waals surface area contributed by atoms with E-state index < -0.39 is 24.3 Å². The molecule has 3 aromatic heterocycles. The van der Waals surface area contributed by atoms with Gasteiger partial charge in [0.25, 0.3) is 0 Å². The van der Waals surface area contributed by atoms with Gasteiger partial charge in [-0.1, -0.05) is 6.92 Å². The number of Topliss-reactive ketones (excluding diaryl/α,β-unsaturated/α-hetero) is 1. The van der Waals surface area contributed by atoms with E-state index in [1.807, 2.05) is 22.7 Å². The number of ether oxygens (including phenoxy) is 2. The maximum atomic E-state index is 13.0. The molecule has 0 aliphatic heterocycles. The molecule has 1 aromatic carbocycles. The SMILES string of the molecule is COc1cc(-c2cnc3cc(-c4cn[nH]c4)ccn23)cc(OC)c1C(=O)C[C@H](C)C(F)(F)F. The molecule has 4 aromatic rings. The van der Waals surface area contributed by atoms with E-state index in [9.17, 15) is 18.0 Å². The first-order valence-corrected chi connectivity index (χ1v) is 10.1. The zero-order valence-electron chi connectivity index (χ0n) is 18.1. The fraction of sp³-hybridized carbons (Fsp3) is 0.261. The molecule has 0 saturated carbocycles. The second kappa shape index (κ2) is 8.61. The average Bonchev–Trinajstić information content (AvgIpc) is 3.47. The van der Waals surface area contributed by atoms with Crippen LogP contribution < -0.4 is 9.47 Å². The van der Waals surface area contributed by atoms with Crippen molar-refractivity contribution in [3.63, 3.8) is 0 Å². The van der Waals surface area contributed by atoms with Gasteiger partial charge in [-0.25, -0.2) is 4.98 Å². The highest BCUT2D eigenvalue weighted by molar-refractivity contribution is 6.02. The van der Waals surface area contributed by atoms with Crippen LogP contribution in [-0.4, -0.2) is 45.8 Å². The van der Waals surface area contributed by atoms with Gasteiger partial charge in [0.15, 0.2) is 5.78 Å². The summed E-state index contributed by atoms with van der Waals surface area (Å²) in [6.07, 6.45) is 1.82. The molecule has 0 bridgehead atoms. The Morgan fingerprint density at radius 1 is 1.09 bits per heavy atom. The van der Waals surface area contributed by atoms with E-state index in [1.54, 1.807) is 30.7 Å². The molecule has 33 heavy (non-hydrogen) atoms. The highest BCUT2D eigenvalue weighted by atomic mass is 19.4. The largest absolute Gasteiger partial charge is 0.496 e. The third-order valence-corrected chi connectivity index (χ3v) is 5.48. The fourth-order valence-corrected chi connectivity index (χ4v) is 3.61. The Morgan fingerprint density at radius 3 is 2.36 bits per heavy atom. The summed E-state index contributed by atoms with van der Waals surface area (Å²) in [5.41, 5.74) is 3.84. The quantitative estimate of drug-likeness (QED) is 0.386. The Labute approximate surface area is 187 Å². The van der Waals surface area contributed by atoms with Crippen LogP contribution in [0.2, 0.25) is 0 Å². The molecular formula is C23H21F3N4O3. The average molecular weight is 458 g/mol. The van der Waals surface area contributed by atoms with Gasteiger partial charge < -0.3 is 9.47 Å². The van der Waals surface area contributed by atoms with Crippen LogP contribution in [-0.2, 0) is 0 Å². The van der Waals surface area contributed by atoms with Gasteiger partial charge in [-0.05, 0) is 29.8 Å². The molecule has 0 amide bonds. The zero-order chi connectivity index (χ0) is 23.8. The smallest absolute Gasteiger partial charge is 0.391 e. The summed E-state index contributed by atoms with van der Waals surface area (Å²) in [5, 5.41) is 6.73. The minimum absolute atomic E-state index is 0.0177. The zero-order valence-corrected chi connectivity index (χ0v) is 18.1. The van der Waals surface area contributed by atoms with Gasteiger partial charge in [0.1, 0.15) is 22.7 Å². The molecule has 0 aliphatic carbocycles. The molecule has 0 radical (unpaired) electrons. The van der Waals surface area contributed by atoms with Gasteiger partial charge in [-0.2, -0.15) is 18.3 Å². The predicted octanol–water partition coefficient (Wildman–Crippen LogP) is 5.18. The van der Waals surface area contributed by atoms with Crippen molar-refractivity contribution in [3.8, 4) is 33.9 Å². The van der Waals surface area contributed by atoms with Crippen LogP contribution in [0.5, 0.6) is 11.5 Å². The van der Waals surface area contributed by atoms with Gasteiger partial charge in [0.2, 0.25) is 0 Å². The molecule has 172 valence electrons. The number of H-pyrrole nitrogens is 1. The van der Waals surface area contributed by atoms with E-state index in [1.165, 1.54) is 14.2 Å². The number of ketones is 1. The number of alkyl halides is 3. The van der Waals surface area contributed by atoms with Crippen molar-refractivity contribution in [1.82, 2.24) is 19.6 Å². The minimum atomic E-state index is -4.47. The Bertz CT molecular complexity index is 1270. The van der Waals surface area contributed by atoms with E-state index in [0.717, 1.165) is 18.1 Å². The normalized spacial score (nSPS) is 12.7. The second-order valence-corrected chi connectivity index (χ2v) is 7.60. The van der Waals surface area contributed by atoms with Crippen LogP contribution in [0.15, 0.2) is 49.1 Å². The number of carbonyl (C=O) groups is 1. The van der Waals surface area contributed by atoms with Crippen LogP contribution in [0.4, 0.5) is 13.2 Å². The van der Waals surface area contributed by atoms with Crippen molar-refractivity contribution in [2.45, 2.75) is 19.5 Å². The summed E-state index contributed by atoms with van der Waals surface area (Å²) >= 11 is 0. The number of hydrogen-bond acceptors (Lipinski definition) is 5. The van der Waals surface area contributed by atoms with Crippen molar-refractivity contribution in [3.05, 3.63) is 54.6 Å². The van der Waals surface area contributed by atoms with E-state index in [2.05, 4.69) is 15.2 Å². The van der Waals surface area contributed by atoms with E-state index in [-0.39, 0.29) is 17.1 Å². The molecular weight excluding hydrogens is 437 g/mol. The Kier molecular flexibility index (Phi) is 5.84. The summed E-state index contributed by atoms with van der Waals surface area (Å²) in [6, 6.07) is 7.01. The molecule has 7 nitrogen and oxygen atoms in total. The van der Waals surface area contributed by atoms with Crippen LogP contribution in [0.1, 0.15) is 23.7 Å². The number of fused-ring (bicyclic) bond motifs is 1. The molecule has 0 fully saturated rings. The lowest BCUT2D eigenvalue weighted by Crippen LogP contribution is -2.23. The number of hydrogen-bond donors (Lipinski definition) is 1. The summed E-state index contributed by atoms with van der Waals surface area (Å²) in [4.78, 5) is 17.2. The topological polar surface area (TPSA) is 81.5 Å². The molecule has 10 heteroatoms. The van der Waals surface area contributed by atoms with Crippen molar-refractivity contribution in [1.29, 1.82) is 0 Å². The third-order valence-electron chi connectivity index (χ3n) is 5.48. The second-order valence-electron chi connectivity index (χ2n) is 7.60. The van der Waals surface area contributed by atoms with Gasteiger partial charge >= 0.3 is 6.18 Å². The highest BCUT2D eigenvalue weighted by Gasteiger charge is 2.38. The summed E-state index contributed by atoms with van der Waals surface area (Å²) < 4.78 is 51.5. The molecule has 1 atom stereocenters. The summed E-state index contributed by atoms with van der Waals surface area (Å²) in [7, 11) is 2.71.